The highest BCUT2D eigenvalue weighted by molar-refractivity contribution is 5.24. The Labute approximate surface area is 229 Å². The van der Waals surface area contributed by atoms with Crippen molar-refractivity contribution >= 4 is 0 Å². The summed E-state index contributed by atoms with van der Waals surface area (Å²) in [5.41, 5.74) is 3.38. The number of hydrogen-bond donors (Lipinski definition) is 2. The normalized spacial score (nSPS) is 24.9. The van der Waals surface area contributed by atoms with Gasteiger partial charge in [0.15, 0.2) is 0 Å². The van der Waals surface area contributed by atoms with Gasteiger partial charge in [-0.15, -0.1) is 0 Å². The van der Waals surface area contributed by atoms with Crippen LogP contribution in [-0.2, 0) is 44.6 Å². The van der Waals surface area contributed by atoms with Crippen LogP contribution in [0.25, 0.3) is 0 Å². The Hall–Kier alpha value is -3.36. The van der Waals surface area contributed by atoms with Gasteiger partial charge in [0.05, 0.1) is 26.4 Å². The number of rotatable bonds is 11. The van der Waals surface area contributed by atoms with Crippen molar-refractivity contribution < 1.29 is 29.2 Å². The maximum Gasteiger partial charge on any atom is 0.222 e. The number of hydrogen-bond acceptors (Lipinski definition) is 6. The summed E-state index contributed by atoms with van der Waals surface area (Å²) in [7, 11) is 0. The molecule has 1 aliphatic rings. The van der Waals surface area contributed by atoms with Crippen LogP contribution in [0.15, 0.2) is 121 Å². The SMILES string of the molecule is O[C@H]1[C@H](OCc2ccccc2)[C@@H](OCc2ccccc2)C(O)(c2ccccc2)O[C@@H]1COCc1ccccc1. The average molecular weight is 527 g/mol. The first-order chi connectivity index (χ1) is 19.1. The van der Waals surface area contributed by atoms with Gasteiger partial charge in [0, 0.05) is 5.56 Å². The number of aliphatic hydroxyl groups excluding tert-OH is 1. The molecule has 1 fully saturated rings. The zero-order valence-corrected chi connectivity index (χ0v) is 21.7. The van der Waals surface area contributed by atoms with E-state index in [-0.39, 0.29) is 19.8 Å². The molecule has 1 saturated heterocycles. The molecule has 1 aliphatic heterocycles. The van der Waals surface area contributed by atoms with Crippen molar-refractivity contribution in [2.45, 2.75) is 50.0 Å². The van der Waals surface area contributed by atoms with Crippen LogP contribution in [0.1, 0.15) is 22.3 Å². The van der Waals surface area contributed by atoms with Gasteiger partial charge in [0.1, 0.15) is 24.4 Å². The average Bonchev–Trinajstić information content (AvgIpc) is 2.99. The van der Waals surface area contributed by atoms with Crippen molar-refractivity contribution in [1.82, 2.24) is 0 Å². The van der Waals surface area contributed by atoms with E-state index in [0.717, 1.165) is 16.7 Å². The van der Waals surface area contributed by atoms with Crippen molar-refractivity contribution in [2.75, 3.05) is 6.61 Å². The van der Waals surface area contributed by atoms with Crippen LogP contribution in [0.2, 0.25) is 0 Å². The first-order valence-electron chi connectivity index (χ1n) is 13.2. The summed E-state index contributed by atoms with van der Waals surface area (Å²) >= 11 is 0. The zero-order chi connectivity index (χ0) is 26.9. The molecule has 202 valence electrons. The minimum atomic E-state index is -1.89. The van der Waals surface area contributed by atoms with Gasteiger partial charge < -0.3 is 29.2 Å². The zero-order valence-electron chi connectivity index (χ0n) is 21.7. The summed E-state index contributed by atoms with van der Waals surface area (Å²) in [5.74, 6) is -1.89. The smallest absolute Gasteiger partial charge is 0.222 e. The molecule has 5 atom stereocenters. The minimum absolute atomic E-state index is 0.0573. The van der Waals surface area contributed by atoms with Crippen LogP contribution in [0.3, 0.4) is 0 Å². The third-order valence-corrected chi connectivity index (χ3v) is 6.87. The highest BCUT2D eigenvalue weighted by Gasteiger charge is 2.56. The number of ether oxygens (including phenoxy) is 4. The Morgan fingerprint density at radius 2 is 1.08 bits per heavy atom. The molecule has 0 bridgehead atoms. The second kappa shape index (κ2) is 13.1. The quantitative estimate of drug-likeness (QED) is 0.287. The van der Waals surface area contributed by atoms with Gasteiger partial charge in [-0.05, 0) is 16.7 Å². The summed E-state index contributed by atoms with van der Waals surface area (Å²) in [4.78, 5) is 0. The van der Waals surface area contributed by atoms with Crippen LogP contribution < -0.4 is 0 Å². The Morgan fingerprint density at radius 1 is 0.615 bits per heavy atom. The lowest BCUT2D eigenvalue weighted by Gasteiger charge is -2.49. The van der Waals surface area contributed by atoms with Gasteiger partial charge >= 0.3 is 0 Å². The van der Waals surface area contributed by atoms with E-state index in [1.807, 2.05) is 109 Å². The second-order valence-corrected chi connectivity index (χ2v) is 9.69. The molecule has 0 amide bonds. The van der Waals surface area contributed by atoms with Crippen molar-refractivity contribution in [3.63, 3.8) is 0 Å². The predicted molar refractivity (Wildman–Crippen MR) is 147 cm³/mol. The lowest BCUT2D eigenvalue weighted by atomic mass is 9.87. The van der Waals surface area contributed by atoms with Gasteiger partial charge in [0.2, 0.25) is 5.79 Å². The molecule has 5 rings (SSSR count). The van der Waals surface area contributed by atoms with E-state index < -0.39 is 30.2 Å². The van der Waals surface area contributed by atoms with Gasteiger partial charge in [-0.3, -0.25) is 0 Å². The van der Waals surface area contributed by atoms with E-state index in [2.05, 4.69) is 0 Å². The molecule has 0 spiro atoms. The minimum Gasteiger partial charge on any atom is -0.387 e. The third kappa shape index (κ3) is 6.81. The Balaban J connectivity index is 1.42. The lowest BCUT2D eigenvalue weighted by Crippen LogP contribution is -2.65. The van der Waals surface area contributed by atoms with Crippen molar-refractivity contribution in [3.05, 3.63) is 144 Å². The monoisotopic (exact) mass is 526 g/mol. The van der Waals surface area contributed by atoms with Crippen LogP contribution in [0, 0.1) is 0 Å². The maximum absolute atomic E-state index is 12.2. The van der Waals surface area contributed by atoms with Crippen LogP contribution in [0.4, 0.5) is 0 Å². The largest absolute Gasteiger partial charge is 0.387 e. The fourth-order valence-electron chi connectivity index (χ4n) is 4.81. The van der Waals surface area contributed by atoms with E-state index in [9.17, 15) is 10.2 Å². The van der Waals surface area contributed by atoms with Gasteiger partial charge in [-0.2, -0.15) is 0 Å². The second-order valence-electron chi connectivity index (χ2n) is 9.69. The fraction of sp³-hybridized carbons (Fsp3) is 0.273. The Kier molecular flexibility index (Phi) is 9.16. The highest BCUT2D eigenvalue weighted by atomic mass is 16.7. The lowest BCUT2D eigenvalue weighted by molar-refractivity contribution is -0.373. The van der Waals surface area contributed by atoms with E-state index in [4.69, 9.17) is 18.9 Å². The van der Waals surface area contributed by atoms with E-state index in [0.29, 0.717) is 12.2 Å². The first-order valence-corrected chi connectivity index (χ1v) is 13.2. The fourth-order valence-corrected chi connectivity index (χ4v) is 4.81. The Bertz CT molecular complexity index is 1250. The predicted octanol–water partition coefficient (Wildman–Crippen LogP) is 4.98. The highest BCUT2D eigenvalue weighted by Crippen LogP contribution is 2.40. The van der Waals surface area contributed by atoms with Crippen LogP contribution in [0.5, 0.6) is 0 Å². The molecule has 6 nitrogen and oxygen atoms in total. The van der Waals surface area contributed by atoms with Crippen LogP contribution >= 0.6 is 0 Å². The molecule has 2 N–H and O–H groups in total. The van der Waals surface area contributed by atoms with Crippen LogP contribution in [-0.4, -0.2) is 41.2 Å². The maximum atomic E-state index is 12.2. The summed E-state index contributed by atoms with van der Waals surface area (Å²) in [5, 5.41) is 23.7. The van der Waals surface area contributed by atoms with Gasteiger partial charge in [0.25, 0.3) is 0 Å². The first kappa shape index (κ1) is 27.2. The molecule has 6 heteroatoms. The summed E-state index contributed by atoms with van der Waals surface area (Å²) in [6.07, 6.45) is -3.91. The number of aliphatic hydroxyl groups is 2. The molecule has 1 heterocycles. The summed E-state index contributed by atoms with van der Waals surface area (Å²) in [6.45, 7) is 0.843. The van der Waals surface area contributed by atoms with E-state index in [1.54, 1.807) is 12.1 Å². The third-order valence-electron chi connectivity index (χ3n) is 6.87. The molecule has 0 saturated carbocycles. The molecule has 0 radical (unpaired) electrons. The van der Waals surface area contributed by atoms with Crippen molar-refractivity contribution in [3.8, 4) is 0 Å². The molecule has 39 heavy (non-hydrogen) atoms. The van der Waals surface area contributed by atoms with E-state index >= 15 is 0 Å². The van der Waals surface area contributed by atoms with Crippen molar-refractivity contribution in [2.24, 2.45) is 0 Å². The van der Waals surface area contributed by atoms with E-state index in [1.165, 1.54) is 0 Å². The standard InChI is InChI=1S/C33H34O6/c34-30-29(24-36-21-25-13-5-1-6-14-25)39-33(35,28-19-11-4-12-20-28)32(38-23-27-17-9-3-10-18-27)31(30)37-22-26-15-7-2-8-16-26/h1-20,29-32,34-35H,21-24H2/t29-,30-,31+,32-,33?/m1/s1. The molecule has 0 aromatic heterocycles. The molecular formula is C33H34O6. The Morgan fingerprint density at radius 3 is 1.62 bits per heavy atom. The van der Waals surface area contributed by atoms with Crippen molar-refractivity contribution in [1.29, 1.82) is 0 Å². The molecular weight excluding hydrogens is 492 g/mol. The topological polar surface area (TPSA) is 77.4 Å². The van der Waals surface area contributed by atoms with Gasteiger partial charge in [-0.25, -0.2) is 0 Å². The molecule has 4 aromatic carbocycles. The summed E-state index contributed by atoms with van der Waals surface area (Å²) < 4.78 is 24.9. The molecule has 4 aromatic rings. The van der Waals surface area contributed by atoms with Gasteiger partial charge in [-0.1, -0.05) is 121 Å². The molecule has 0 aliphatic carbocycles. The number of benzene rings is 4. The summed E-state index contributed by atoms with van der Waals surface area (Å²) in [6, 6.07) is 38.3. The molecule has 1 unspecified atom stereocenters.